The Morgan fingerprint density at radius 3 is 2.81 bits per heavy atom. The maximum absolute atomic E-state index is 12.2. The Bertz CT molecular complexity index is 640. The number of nitrogens with zero attached hydrogens (tertiary/aromatic N) is 3. The molecule has 0 bridgehead atoms. The highest BCUT2D eigenvalue weighted by atomic mass is 16.5. The van der Waals surface area contributed by atoms with E-state index in [1.165, 1.54) is 0 Å². The summed E-state index contributed by atoms with van der Waals surface area (Å²) in [4.78, 5) is 27.8. The fraction of sp³-hybridized carbons (Fsp3) is 0.722. The number of amides is 2. The van der Waals surface area contributed by atoms with Crippen molar-refractivity contribution in [2.45, 2.75) is 58.2 Å². The summed E-state index contributed by atoms with van der Waals surface area (Å²) in [7, 11) is 0. The number of likely N-dealkylation sites (tertiary alicyclic amines) is 2. The Kier molecular flexibility index (Phi) is 5.93. The molecule has 2 atom stereocenters. The zero-order chi connectivity index (χ0) is 18.7. The molecule has 8 nitrogen and oxygen atoms in total. The predicted molar refractivity (Wildman–Crippen MR) is 94.2 cm³/mol. The van der Waals surface area contributed by atoms with Gasteiger partial charge in [0, 0.05) is 38.2 Å². The van der Waals surface area contributed by atoms with E-state index in [9.17, 15) is 14.7 Å². The molecule has 0 spiro atoms. The quantitative estimate of drug-likeness (QED) is 0.783. The lowest BCUT2D eigenvalue weighted by Crippen LogP contribution is -2.55. The summed E-state index contributed by atoms with van der Waals surface area (Å²) in [5.74, 6) is 0.656. The van der Waals surface area contributed by atoms with Gasteiger partial charge in [-0.1, -0.05) is 5.16 Å². The highest BCUT2D eigenvalue weighted by molar-refractivity contribution is 5.85. The van der Waals surface area contributed by atoms with Gasteiger partial charge >= 0.3 is 0 Å². The van der Waals surface area contributed by atoms with E-state index < -0.39 is 6.10 Å². The molecule has 2 aliphatic rings. The minimum absolute atomic E-state index is 0.0428. The van der Waals surface area contributed by atoms with Crippen molar-refractivity contribution in [2.75, 3.05) is 26.2 Å². The number of hydrogen-bond donors (Lipinski definition) is 2. The van der Waals surface area contributed by atoms with Gasteiger partial charge in [0.25, 0.3) is 0 Å². The van der Waals surface area contributed by atoms with Gasteiger partial charge in [-0.2, -0.15) is 0 Å². The second-order valence-corrected chi connectivity index (χ2v) is 7.34. The second-order valence-electron chi connectivity index (χ2n) is 7.34. The SMILES string of the molecule is Cc1noc(C)c1CN1CCC(NC(=O)CN2CCCCC2=O)C(O)C1. The van der Waals surface area contributed by atoms with E-state index in [1.807, 2.05) is 13.8 Å². The molecule has 1 aromatic rings. The Morgan fingerprint density at radius 1 is 1.35 bits per heavy atom. The number of rotatable bonds is 5. The van der Waals surface area contributed by atoms with Crippen molar-refractivity contribution >= 4 is 11.8 Å². The third kappa shape index (κ3) is 4.42. The summed E-state index contributed by atoms with van der Waals surface area (Å²) in [6.45, 7) is 6.47. The number of carbonyl (C=O) groups is 2. The highest BCUT2D eigenvalue weighted by Gasteiger charge is 2.30. The Morgan fingerprint density at radius 2 is 2.15 bits per heavy atom. The van der Waals surface area contributed by atoms with E-state index in [0.29, 0.717) is 32.5 Å². The summed E-state index contributed by atoms with van der Waals surface area (Å²) in [6.07, 6.45) is 2.41. The molecular weight excluding hydrogens is 336 g/mol. The number of aliphatic hydroxyl groups is 1. The zero-order valence-corrected chi connectivity index (χ0v) is 15.5. The van der Waals surface area contributed by atoms with Crippen molar-refractivity contribution in [1.82, 2.24) is 20.3 Å². The lowest BCUT2D eigenvalue weighted by molar-refractivity contribution is -0.138. The number of aryl methyl sites for hydroxylation is 2. The second kappa shape index (κ2) is 8.18. The van der Waals surface area contributed by atoms with Crippen molar-refractivity contribution in [3.8, 4) is 0 Å². The molecule has 2 N–H and O–H groups in total. The van der Waals surface area contributed by atoms with Crippen LogP contribution in [-0.4, -0.2) is 70.2 Å². The maximum atomic E-state index is 12.2. The van der Waals surface area contributed by atoms with Gasteiger partial charge in [-0.05, 0) is 33.1 Å². The van der Waals surface area contributed by atoms with Crippen LogP contribution in [0.5, 0.6) is 0 Å². The summed E-state index contributed by atoms with van der Waals surface area (Å²) < 4.78 is 5.19. The van der Waals surface area contributed by atoms with Gasteiger partial charge in [0.15, 0.2) is 0 Å². The molecule has 2 amide bonds. The number of nitrogens with one attached hydrogen (secondary N) is 1. The molecule has 2 fully saturated rings. The summed E-state index contributed by atoms with van der Waals surface area (Å²) >= 11 is 0. The summed E-state index contributed by atoms with van der Waals surface area (Å²) in [6, 6.07) is -0.275. The molecule has 0 aliphatic carbocycles. The highest BCUT2D eigenvalue weighted by Crippen LogP contribution is 2.19. The number of piperidine rings is 2. The average molecular weight is 364 g/mol. The van der Waals surface area contributed by atoms with Crippen LogP contribution in [0, 0.1) is 13.8 Å². The van der Waals surface area contributed by atoms with Crippen LogP contribution in [0.4, 0.5) is 0 Å². The minimum atomic E-state index is -0.634. The van der Waals surface area contributed by atoms with Gasteiger partial charge in [0.2, 0.25) is 11.8 Å². The number of aliphatic hydroxyl groups excluding tert-OH is 1. The first kappa shape index (κ1) is 18.8. The number of hydrogen-bond acceptors (Lipinski definition) is 6. The smallest absolute Gasteiger partial charge is 0.239 e. The van der Waals surface area contributed by atoms with Crippen molar-refractivity contribution in [2.24, 2.45) is 0 Å². The van der Waals surface area contributed by atoms with Gasteiger partial charge in [-0.3, -0.25) is 14.5 Å². The van der Waals surface area contributed by atoms with Crippen LogP contribution in [0.25, 0.3) is 0 Å². The summed E-state index contributed by atoms with van der Waals surface area (Å²) in [5, 5.41) is 17.3. The Balaban J connectivity index is 1.48. The standard InChI is InChI=1S/C18H28N4O4/c1-12-14(13(2)26-20-12)9-21-8-6-15(16(23)10-21)19-17(24)11-22-7-4-3-5-18(22)25/h15-16,23H,3-11H2,1-2H3,(H,19,24). The number of β-amino-alcohol motifs (C(OH)–C–C–N with tert-alkyl or cyclic N) is 1. The molecule has 2 unspecified atom stereocenters. The van der Waals surface area contributed by atoms with Crippen LogP contribution < -0.4 is 5.32 Å². The molecule has 0 aromatic carbocycles. The van der Waals surface area contributed by atoms with Crippen LogP contribution in [0.2, 0.25) is 0 Å². The fourth-order valence-electron chi connectivity index (χ4n) is 3.72. The van der Waals surface area contributed by atoms with Crippen LogP contribution in [0.3, 0.4) is 0 Å². The molecule has 0 saturated carbocycles. The van der Waals surface area contributed by atoms with E-state index in [0.717, 1.165) is 36.4 Å². The van der Waals surface area contributed by atoms with Crippen molar-refractivity contribution < 1.29 is 19.2 Å². The molecule has 1 aromatic heterocycles. The van der Waals surface area contributed by atoms with Gasteiger partial charge in [-0.15, -0.1) is 0 Å². The Hall–Kier alpha value is -1.93. The van der Waals surface area contributed by atoms with Crippen LogP contribution in [0.1, 0.15) is 42.7 Å². The fourth-order valence-corrected chi connectivity index (χ4v) is 3.72. The van der Waals surface area contributed by atoms with E-state index in [-0.39, 0.29) is 24.4 Å². The third-order valence-corrected chi connectivity index (χ3v) is 5.33. The largest absolute Gasteiger partial charge is 0.390 e. The lowest BCUT2D eigenvalue weighted by Gasteiger charge is -2.36. The molecule has 2 aliphatic heterocycles. The molecule has 144 valence electrons. The van der Waals surface area contributed by atoms with Gasteiger partial charge in [0.1, 0.15) is 5.76 Å². The van der Waals surface area contributed by atoms with Crippen molar-refractivity contribution in [3.05, 3.63) is 17.0 Å². The van der Waals surface area contributed by atoms with Gasteiger partial charge in [0.05, 0.1) is 24.4 Å². The first-order valence-corrected chi connectivity index (χ1v) is 9.33. The first-order valence-electron chi connectivity index (χ1n) is 9.33. The lowest BCUT2D eigenvalue weighted by atomic mass is 10.0. The number of aromatic nitrogens is 1. The molecule has 2 saturated heterocycles. The molecule has 26 heavy (non-hydrogen) atoms. The normalized spacial score (nSPS) is 24.7. The molecule has 0 radical (unpaired) electrons. The van der Waals surface area contributed by atoms with Crippen LogP contribution in [-0.2, 0) is 16.1 Å². The monoisotopic (exact) mass is 364 g/mol. The van der Waals surface area contributed by atoms with Crippen LogP contribution >= 0.6 is 0 Å². The summed E-state index contributed by atoms with van der Waals surface area (Å²) in [5.41, 5.74) is 1.93. The number of carbonyl (C=O) groups excluding carboxylic acids is 2. The Labute approximate surface area is 153 Å². The molecule has 3 rings (SSSR count). The van der Waals surface area contributed by atoms with Gasteiger partial charge < -0.3 is 19.8 Å². The molecule has 8 heteroatoms. The van der Waals surface area contributed by atoms with Crippen molar-refractivity contribution in [3.63, 3.8) is 0 Å². The topological polar surface area (TPSA) is 98.9 Å². The predicted octanol–water partition coefficient (Wildman–Crippen LogP) is 0.355. The van der Waals surface area contributed by atoms with E-state index in [4.69, 9.17) is 4.52 Å². The van der Waals surface area contributed by atoms with Crippen molar-refractivity contribution in [1.29, 1.82) is 0 Å². The average Bonchev–Trinajstić information content (AvgIpc) is 2.91. The van der Waals surface area contributed by atoms with E-state index in [2.05, 4.69) is 15.4 Å². The van der Waals surface area contributed by atoms with E-state index >= 15 is 0 Å². The third-order valence-electron chi connectivity index (χ3n) is 5.33. The maximum Gasteiger partial charge on any atom is 0.239 e. The molecule has 3 heterocycles. The van der Waals surface area contributed by atoms with E-state index in [1.54, 1.807) is 4.90 Å². The van der Waals surface area contributed by atoms with Gasteiger partial charge in [-0.25, -0.2) is 0 Å². The zero-order valence-electron chi connectivity index (χ0n) is 15.5. The minimum Gasteiger partial charge on any atom is -0.390 e. The van der Waals surface area contributed by atoms with Crippen LogP contribution in [0.15, 0.2) is 4.52 Å². The first-order chi connectivity index (χ1) is 12.4. The molecular formula is C18H28N4O4.